The lowest BCUT2D eigenvalue weighted by Crippen LogP contribution is -2.38. The Bertz CT molecular complexity index is 876. The molecule has 0 spiro atoms. The molecule has 0 radical (unpaired) electrons. The van der Waals surface area contributed by atoms with Gasteiger partial charge in [0, 0.05) is 43.6 Å². The predicted molar refractivity (Wildman–Crippen MR) is 102 cm³/mol. The molecule has 7 nitrogen and oxygen atoms in total. The van der Waals surface area contributed by atoms with Gasteiger partial charge in [0.2, 0.25) is 0 Å². The van der Waals surface area contributed by atoms with Crippen LogP contribution in [0, 0.1) is 6.92 Å². The van der Waals surface area contributed by atoms with Crippen LogP contribution in [0.15, 0.2) is 36.8 Å². The van der Waals surface area contributed by atoms with E-state index in [1.54, 1.807) is 11.3 Å². The molecular formula is C18H22N6OS. The molecule has 4 rings (SSSR count). The minimum atomic E-state index is -0.0381. The van der Waals surface area contributed by atoms with Crippen molar-refractivity contribution in [3.05, 3.63) is 53.2 Å². The summed E-state index contributed by atoms with van der Waals surface area (Å²) in [5.41, 5.74) is 0.938. The number of hydrogen-bond acceptors (Lipinski definition) is 7. The number of aromatic nitrogens is 4. The summed E-state index contributed by atoms with van der Waals surface area (Å²) in [4.78, 5) is 17.0. The number of anilines is 2. The van der Waals surface area contributed by atoms with Crippen LogP contribution in [0.25, 0.3) is 0 Å². The molecule has 1 N–H and O–H groups in total. The van der Waals surface area contributed by atoms with E-state index in [1.165, 1.54) is 4.88 Å². The van der Waals surface area contributed by atoms with Gasteiger partial charge in [-0.2, -0.15) is 0 Å². The third kappa shape index (κ3) is 3.92. The van der Waals surface area contributed by atoms with Crippen molar-refractivity contribution >= 4 is 22.3 Å². The van der Waals surface area contributed by atoms with E-state index >= 15 is 0 Å². The van der Waals surface area contributed by atoms with Gasteiger partial charge in [0.1, 0.15) is 17.7 Å². The first-order valence-corrected chi connectivity index (χ1v) is 9.45. The Morgan fingerprint density at radius 1 is 1.35 bits per heavy atom. The smallest absolute Gasteiger partial charge is 0.188 e. The molecule has 1 aliphatic rings. The van der Waals surface area contributed by atoms with Crippen molar-refractivity contribution < 1.29 is 4.74 Å². The number of nitrogens with zero attached hydrogens (tertiary/aromatic N) is 5. The van der Waals surface area contributed by atoms with Crippen LogP contribution >= 0.6 is 11.3 Å². The normalized spacial score (nSPS) is 18.2. The molecule has 1 unspecified atom stereocenters. The summed E-state index contributed by atoms with van der Waals surface area (Å²) >= 11 is 1.62. The van der Waals surface area contributed by atoms with Crippen molar-refractivity contribution in [1.82, 2.24) is 24.4 Å². The highest BCUT2D eigenvalue weighted by Crippen LogP contribution is 2.25. The van der Waals surface area contributed by atoms with Crippen LogP contribution in [0.3, 0.4) is 0 Å². The van der Waals surface area contributed by atoms with Gasteiger partial charge in [-0.15, -0.1) is 11.3 Å². The molecule has 0 amide bonds. The van der Waals surface area contributed by atoms with E-state index in [2.05, 4.69) is 24.8 Å². The highest BCUT2D eigenvalue weighted by atomic mass is 32.1. The molecule has 1 atom stereocenters. The molecule has 26 heavy (non-hydrogen) atoms. The monoisotopic (exact) mass is 370 g/mol. The highest BCUT2D eigenvalue weighted by molar-refractivity contribution is 7.15. The topological polar surface area (TPSA) is 68.1 Å². The fraction of sp³-hybridized carbons (Fsp3) is 0.389. The van der Waals surface area contributed by atoms with Crippen LogP contribution in [0.1, 0.15) is 22.5 Å². The van der Waals surface area contributed by atoms with Crippen molar-refractivity contribution in [2.45, 2.75) is 19.6 Å². The van der Waals surface area contributed by atoms with Crippen LogP contribution in [0.5, 0.6) is 0 Å². The minimum absolute atomic E-state index is 0.0381. The Morgan fingerprint density at radius 2 is 2.27 bits per heavy atom. The molecule has 0 saturated carbocycles. The van der Waals surface area contributed by atoms with Gasteiger partial charge in [-0.25, -0.2) is 15.0 Å². The zero-order valence-electron chi connectivity index (χ0n) is 14.9. The summed E-state index contributed by atoms with van der Waals surface area (Å²) in [5, 5.41) is 4.13. The Labute approximate surface area is 156 Å². The Balaban J connectivity index is 1.44. The van der Waals surface area contributed by atoms with Crippen LogP contribution < -0.4 is 5.32 Å². The van der Waals surface area contributed by atoms with Gasteiger partial charge in [0.05, 0.1) is 18.8 Å². The maximum atomic E-state index is 5.98. The van der Waals surface area contributed by atoms with E-state index in [0.29, 0.717) is 6.61 Å². The van der Waals surface area contributed by atoms with Crippen LogP contribution in [-0.2, 0) is 18.3 Å². The number of rotatable bonds is 5. The SMILES string of the molecule is Cc1cnc(Nc2cccc(C3CN(Cc4nccn4C)CCO3)n2)s1. The zero-order valence-corrected chi connectivity index (χ0v) is 15.7. The lowest BCUT2D eigenvalue weighted by atomic mass is 10.2. The van der Waals surface area contributed by atoms with Crippen molar-refractivity contribution in [3.8, 4) is 0 Å². The van der Waals surface area contributed by atoms with Gasteiger partial charge >= 0.3 is 0 Å². The lowest BCUT2D eigenvalue weighted by Gasteiger charge is -2.32. The van der Waals surface area contributed by atoms with Crippen molar-refractivity contribution in [3.63, 3.8) is 0 Å². The standard InChI is InChI=1S/C18H22N6OS/c1-13-10-20-18(26-13)22-16-5-3-4-14(21-16)15-11-24(8-9-25-15)12-17-19-6-7-23(17)2/h3-7,10,15H,8-9,11-12H2,1-2H3,(H,20,21,22). The molecular weight excluding hydrogens is 348 g/mol. The summed E-state index contributed by atoms with van der Waals surface area (Å²) in [5.74, 6) is 1.86. The van der Waals surface area contributed by atoms with Gasteiger partial charge in [0.15, 0.2) is 5.13 Å². The lowest BCUT2D eigenvalue weighted by molar-refractivity contribution is -0.0358. The molecule has 0 aliphatic carbocycles. The number of morpholine rings is 1. The number of pyridine rings is 1. The van der Waals surface area contributed by atoms with Crippen molar-refractivity contribution in [2.75, 3.05) is 25.0 Å². The van der Waals surface area contributed by atoms with E-state index in [0.717, 1.165) is 42.1 Å². The average molecular weight is 370 g/mol. The third-order valence-corrected chi connectivity index (χ3v) is 5.22. The Morgan fingerprint density at radius 3 is 3.04 bits per heavy atom. The number of ether oxygens (including phenoxy) is 1. The molecule has 4 heterocycles. The predicted octanol–water partition coefficient (Wildman–Crippen LogP) is 2.90. The first-order valence-electron chi connectivity index (χ1n) is 8.64. The van der Waals surface area contributed by atoms with E-state index < -0.39 is 0 Å². The number of thiazole rings is 1. The number of nitrogens with one attached hydrogen (secondary N) is 1. The van der Waals surface area contributed by atoms with E-state index in [4.69, 9.17) is 9.72 Å². The van der Waals surface area contributed by atoms with Crippen molar-refractivity contribution in [1.29, 1.82) is 0 Å². The van der Waals surface area contributed by atoms with Crippen LogP contribution in [0.4, 0.5) is 10.9 Å². The maximum absolute atomic E-state index is 5.98. The van der Waals surface area contributed by atoms with Gasteiger partial charge in [-0.05, 0) is 19.1 Å². The van der Waals surface area contributed by atoms with Gasteiger partial charge in [0.25, 0.3) is 0 Å². The molecule has 3 aromatic rings. The number of hydrogen-bond donors (Lipinski definition) is 1. The largest absolute Gasteiger partial charge is 0.369 e. The number of imidazole rings is 1. The van der Waals surface area contributed by atoms with E-state index in [1.807, 2.05) is 50.8 Å². The molecule has 1 fully saturated rings. The van der Waals surface area contributed by atoms with Crippen LogP contribution in [-0.4, -0.2) is 44.1 Å². The molecule has 1 saturated heterocycles. The molecule has 1 aliphatic heterocycles. The second-order valence-corrected chi connectivity index (χ2v) is 7.63. The number of aryl methyl sites for hydroxylation is 2. The van der Waals surface area contributed by atoms with Gasteiger partial charge in [-0.3, -0.25) is 4.90 Å². The van der Waals surface area contributed by atoms with E-state index in [-0.39, 0.29) is 6.10 Å². The summed E-state index contributed by atoms with van der Waals surface area (Å²) < 4.78 is 8.04. The summed E-state index contributed by atoms with van der Waals surface area (Å²) in [7, 11) is 2.03. The van der Waals surface area contributed by atoms with Crippen molar-refractivity contribution in [2.24, 2.45) is 7.05 Å². The molecule has 136 valence electrons. The van der Waals surface area contributed by atoms with Gasteiger partial charge < -0.3 is 14.6 Å². The van der Waals surface area contributed by atoms with Gasteiger partial charge in [-0.1, -0.05) is 6.07 Å². The first-order chi connectivity index (χ1) is 12.7. The maximum Gasteiger partial charge on any atom is 0.188 e. The first kappa shape index (κ1) is 17.1. The Hall–Kier alpha value is -2.29. The average Bonchev–Trinajstić information content (AvgIpc) is 3.24. The quantitative estimate of drug-likeness (QED) is 0.745. The second kappa shape index (κ2) is 7.53. The Kier molecular flexibility index (Phi) is 4.96. The highest BCUT2D eigenvalue weighted by Gasteiger charge is 2.24. The third-order valence-electron chi connectivity index (χ3n) is 4.39. The zero-order chi connectivity index (χ0) is 17.9. The summed E-state index contributed by atoms with van der Waals surface area (Å²) in [6.45, 7) is 5.26. The molecule has 8 heteroatoms. The minimum Gasteiger partial charge on any atom is -0.369 e. The fourth-order valence-electron chi connectivity index (χ4n) is 3.00. The molecule has 3 aromatic heterocycles. The second-order valence-electron chi connectivity index (χ2n) is 6.40. The fourth-order valence-corrected chi connectivity index (χ4v) is 3.67. The molecule has 0 bridgehead atoms. The van der Waals surface area contributed by atoms with Crippen LogP contribution in [0.2, 0.25) is 0 Å². The summed E-state index contributed by atoms with van der Waals surface area (Å²) in [6.07, 6.45) is 5.63. The molecule has 0 aromatic carbocycles. The summed E-state index contributed by atoms with van der Waals surface area (Å²) in [6, 6.07) is 5.98. The van der Waals surface area contributed by atoms with E-state index in [9.17, 15) is 0 Å².